The highest BCUT2D eigenvalue weighted by Crippen LogP contribution is 2.32. The second-order valence-corrected chi connectivity index (χ2v) is 4.57. The van der Waals surface area contributed by atoms with E-state index in [1.54, 1.807) is 0 Å². The lowest BCUT2D eigenvalue weighted by Crippen LogP contribution is -2.23. The van der Waals surface area contributed by atoms with Crippen LogP contribution in [-0.4, -0.2) is 13.2 Å². The molecule has 1 N–H and O–H groups in total. The summed E-state index contributed by atoms with van der Waals surface area (Å²) in [7, 11) is 0. The Kier molecular flexibility index (Phi) is 4.08. The average Bonchev–Trinajstić information content (AvgIpc) is 2.26. The van der Waals surface area contributed by atoms with Crippen molar-refractivity contribution in [3.8, 4) is 5.75 Å². The fraction of sp³-hybridized carbons (Fsp3) is 0.538. The molecule has 1 aromatic rings. The van der Waals surface area contributed by atoms with Gasteiger partial charge in [0.1, 0.15) is 5.75 Å². The second kappa shape index (κ2) is 5.55. The SMILES string of the molecule is CCN[C@H]1CCCCOc2ccc(Cl)cc21. The van der Waals surface area contributed by atoms with Crippen LogP contribution in [0.1, 0.15) is 37.8 Å². The van der Waals surface area contributed by atoms with E-state index >= 15 is 0 Å². The minimum Gasteiger partial charge on any atom is -0.493 e. The van der Waals surface area contributed by atoms with Crippen molar-refractivity contribution in [2.45, 2.75) is 32.2 Å². The molecule has 3 heteroatoms. The zero-order valence-corrected chi connectivity index (χ0v) is 10.4. The summed E-state index contributed by atoms with van der Waals surface area (Å²) in [5, 5.41) is 4.28. The van der Waals surface area contributed by atoms with E-state index in [4.69, 9.17) is 16.3 Å². The summed E-state index contributed by atoms with van der Waals surface area (Å²) >= 11 is 6.05. The van der Waals surface area contributed by atoms with E-state index in [2.05, 4.69) is 12.2 Å². The molecule has 0 aliphatic carbocycles. The van der Waals surface area contributed by atoms with E-state index < -0.39 is 0 Å². The number of hydrogen-bond acceptors (Lipinski definition) is 2. The number of nitrogens with one attached hydrogen (secondary N) is 1. The van der Waals surface area contributed by atoms with Gasteiger partial charge in [0, 0.05) is 16.6 Å². The lowest BCUT2D eigenvalue weighted by atomic mass is 9.99. The fourth-order valence-corrected chi connectivity index (χ4v) is 2.35. The first kappa shape index (κ1) is 11.7. The first-order valence-electron chi connectivity index (χ1n) is 5.97. The third-order valence-corrected chi connectivity index (χ3v) is 3.18. The van der Waals surface area contributed by atoms with Gasteiger partial charge in [-0.1, -0.05) is 18.5 Å². The van der Waals surface area contributed by atoms with Crippen molar-refractivity contribution < 1.29 is 4.74 Å². The van der Waals surface area contributed by atoms with Crippen molar-refractivity contribution in [2.24, 2.45) is 0 Å². The molecule has 0 radical (unpaired) electrons. The van der Waals surface area contributed by atoms with Gasteiger partial charge in [-0.3, -0.25) is 0 Å². The molecule has 0 unspecified atom stereocenters. The van der Waals surface area contributed by atoms with E-state index in [9.17, 15) is 0 Å². The van der Waals surface area contributed by atoms with Gasteiger partial charge in [0.05, 0.1) is 6.61 Å². The van der Waals surface area contributed by atoms with Crippen LogP contribution in [-0.2, 0) is 0 Å². The molecule has 1 aromatic carbocycles. The Morgan fingerprint density at radius 3 is 3.12 bits per heavy atom. The first-order valence-corrected chi connectivity index (χ1v) is 6.34. The molecule has 88 valence electrons. The van der Waals surface area contributed by atoms with Crippen LogP contribution in [0.2, 0.25) is 5.02 Å². The second-order valence-electron chi connectivity index (χ2n) is 4.14. The standard InChI is InChI=1S/C13H18ClNO/c1-2-15-12-5-3-4-8-16-13-7-6-10(14)9-11(12)13/h6-7,9,12,15H,2-5,8H2,1H3/t12-/m0/s1. The maximum atomic E-state index is 6.05. The van der Waals surface area contributed by atoms with Crippen LogP contribution >= 0.6 is 11.6 Å². The summed E-state index contributed by atoms with van der Waals surface area (Å²) in [6.45, 7) is 3.91. The summed E-state index contributed by atoms with van der Waals surface area (Å²) < 4.78 is 5.76. The molecule has 0 amide bonds. The van der Waals surface area contributed by atoms with Crippen molar-refractivity contribution in [3.05, 3.63) is 28.8 Å². The van der Waals surface area contributed by atoms with Gasteiger partial charge >= 0.3 is 0 Å². The molecule has 0 saturated carbocycles. The Labute approximate surface area is 102 Å². The van der Waals surface area contributed by atoms with Crippen LogP contribution in [0.4, 0.5) is 0 Å². The van der Waals surface area contributed by atoms with E-state index in [1.807, 2.05) is 18.2 Å². The molecule has 16 heavy (non-hydrogen) atoms. The molecule has 0 fully saturated rings. The lowest BCUT2D eigenvalue weighted by molar-refractivity contribution is 0.280. The largest absolute Gasteiger partial charge is 0.493 e. The monoisotopic (exact) mass is 239 g/mol. The molecule has 0 aromatic heterocycles. The predicted molar refractivity (Wildman–Crippen MR) is 67.2 cm³/mol. The van der Waals surface area contributed by atoms with Gasteiger partial charge < -0.3 is 10.1 Å². The van der Waals surface area contributed by atoms with E-state index in [0.717, 1.165) is 36.8 Å². The fourth-order valence-electron chi connectivity index (χ4n) is 2.17. The van der Waals surface area contributed by atoms with Crippen LogP contribution < -0.4 is 10.1 Å². The van der Waals surface area contributed by atoms with Crippen molar-refractivity contribution in [3.63, 3.8) is 0 Å². The topological polar surface area (TPSA) is 21.3 Å². The highest BCUT2D eigenvalue weighted by atomic mass is 35.5. The van der Waals surface area contributed by atoms with Crippen molar-refractivity contribution in [1.82, 2.24) is 5.32 Å². The summed E-state index contributed by atoms with van der Waals surface area (Å²) in [5.74, 6) is 0.982. The van der Waals surface area contributed by atoms with Crippen LogP contribution in [0.5, 0.6) is 5.75 Å². The molecular formula is C13H18ClNO. The summed E-state index contributed by atoms with van der Waals surface area (Å²) in [5.41, 5.74) is 1.20. The van der Waals surface area contributed by atoms with Crippen molar-refractivity contribution in [1.29, 1.82) is 0 Å². The van der Waals surface area contributed by atoms with Crippen molar-refractivity contribution >= 4 is 11.6 Å². The highest BCUT2D eigenvalue weighted by molar-refractivity contribution is 6.30. The minimum absolute atomic E-state index is 0.374. The van der Waals surface area contributed by atoms with Gasteiger partial charge in [-0.2, -0.15) is 0 Å². The van der Waals surface area contributed by atoms with Gasteiger partial charge in [-0.05, 0) is 44.0 Å². The Bertz CT molecular complexity index is 354. The number of benzene rings is 1. The van der Waals surface area contributed by atoms with Gasteiger partial charge in [-0.25, -0.2) is 0 Å². The third-order valence-electron chi connectivity index (χ3n) is 2.94. The Balaban J connectivity index is 2.31. The molecule has 1 heterocycles. The van der Waals surface area contributed by atoms with E-state index in [1.165, 1.54) is 12.0 Å². The van der Waals surface area contributed by atoms with Crippen LogP contribution in [0.25, 0.3) is 0 Å². The number of rotatable bonds is 2. The third kappa shape index (κ3) is 2.69. The first-order chi connectivity index (χ1) is 7.81. The minimum atomic E-state index is 0.374. The summed E-state index contributed by atoms with van der Waals surface area (Å²) in [6, 6.07) is 6.27. The Morgan fingerprint density at radius 2 is 2.31 bits per heavy atom. The number of fused-ring (bicyclic) bond motifs is 1. The van der Waals surface area contributed by atoms with Gasteiger partial charge in [-0.15, -0.1) is 0 Å². The zero-order chi connectivity index (χ0) is 11.4. The summed E-state index contributed by atoms with van der Waals surface area (Å²) in [6.07, 6.45) is 3.48. The smallest absolute Gasteiger partial charge is 0.124 e. The maximum Gasteiger partial charge on any atom is 0.124 e. The quantitative estimate of drug-likeness (QED) is 0.852. The zero-order valence-electron chi connectivity index (χ0n) is 9.63. The molecule has 2 rings (SSSR count). The van der Waals surface area contributed by atoms with Crippen molar-refractivity contribution in [2.75, 3.05) is 13.2 Å². The van der Waals surface area contributed by atoms with Gasteiger partial charge in [0.15, 0.2) is 0 Å². The highest BCUT2D eigenvalue weighted by Gasteiger charge is 2.17. The molecular weight excluding hydrogens is 222 g/mol. The van der Waals surface area contributed by atoms with Crippen LogP contribution in [0.15, 0.2) is 18.2 Å². The van der Waals surface area contributed by atoms with E-state index in [-0.39, 0.29) is 0 Å². The normalized spacial score (nSPS) is 20.5. The lowest BCUT2D eigenvalue weighted by Gasteiger charge is -2.24. The maximum absolute atomic E-state index is 6.05. The molecule has 1 aliphatic heterocycles. The van der Waals surface area contributed by atoms with Gasteiger partial charge in [0.2, 0.25) is 0 Å². The molecule has 0 bridgehead atoms. The Hall–Kier alpha value is -0.730. The number of ether oxygens (including phenoxy) is 1. The summed E-state index contributed by atoms with van der Waals surface area (Å²) in [4.78, 5) is 0. The van der Waals surface area contributed by atoms with Crippen LogP contribution in [0.3, 0.4) is 0 Å². The van der Waals surface area contributed by atoms with E-state index in [0.29, 0.717) is 6.04 Å². The molecule has 1 aliphatic rings. The van der Waals surface area contributed by atoms with Gasteiger partial charge in [0.25, 0.3) is 0 Å². The average molecular weight is 240 g/mol. The van der Waals surface area contributed by atoms with Crippen LogP contribution in [0, 0.1) is 0 Å². The Morgan fingerprint density at radius 1 is 1.44 bits per heavy atom. The number of halogens is 1. The molecule has 0 spiro atoms. The number of hydrogen-bond donors (Lipinski definition) is 1. The molecule has 2 nitrogen and oxygen atoms in total. The molecule has 0 saturated heterocycles. The predicted octanol–water partition coefficient (Wildman–Crippen LogP) is 3.55. The molecule has 1 atom stereocenters.